The van der Waals surface area contributed by atoms with Gasteiger partial charge in [-0.1, -0.05) is 53.9 Å². The molecular weight excluding hydrogens is 241 g/mol. The van der Waals surface area contributed by atoms with Gasteiger partial charge >= 0.3 is 0 Å². The van der Waals surface area contributed by atoms with Gasteiger partial charge in [0.25, 0.3) is 0 Å². The van der Waals surface area contributed by atoms with Gasteiger partial charge in [-0.3, -0.25) is 0 Å². The molecule has 1 nitrogen and oxygen atoms in total. The summed E-state index contributed by atoms with van der Waals surface area (Å²) in [5, 5.41) is 4.71. The fraction of sp³-hybridized carbons (Fsp3) is 0.385. The van der Waals surface area contributed by atoms with Crippen LogP contribution < -0.4 is 5.32 Å². The molecule has 0 spiro atoms. The normalized spacial score (nSPS) is 21.5. The van der Waals surface area contributed by atoms with Crippen molar-refractivity contribution in [3.8, 4) is 0 Å². The van der Waals surface area contributed by atoms with Crippen LogP contribution in [-0.2, 0) is 0 Å². The molecule has 1 heterocycles. The Hall–Kier alpha value is -0.500. The summed E-state index contributed by atoms with van der Waals surface area (Å²) in [6.07, 6.45) is 8.01. The molecule has 16 heavy (non-hydrogen) atoms. The van der Waals surface area contributed by atoms with Gasteiger partial charge in [-0.05, 0) is 31.0 Å². The van der Waals surface area contributed by atoms with Gasteiger partial charge in [-0.25, -0.2) is 0 Å². The Morgan fingerprint density at radius 1 is 1.25 bits per heavy atom. The highest BCUT2D eigenvalue weighted by atomic mass is 35.5. The maximum absolute atomic E-state index is 6.11. The summed E-state index contributed by atoms with van der Waals surface area (Å²) in [5.41, 5.74) is 0.988. The zero-order valence-electron chi connectivity index (χ0n) is 9.05. The molecule has 3 heteroatoms. The Kier molecular flexibility index (Phi) is 4.28. The highest BCUT2D eigenvalue weighted by Crippen LogP contribution is 2.26. The molecule has 0 aliphatic carbocycles. The van der Waals surface area contributed by atoms with Crippen molar-refractivity contribution >= 4 is 29.3 Å². The molecule has 1 aromatic rings. The van der Waals surface area contributed by atoms with E-state index in [-0.39, 0.29) is 0 Å². The number of halogens is 2. The van der Waals surface area contributed by atoms with E-state index in [1.165, 1.54) is 19.3 Å². The van der Waals surface area contributed by atoms with Crippen LogP contribution in [0.2, 0.25) is 10.0 Å². The minimum absolute atomic E-state index is 0.476. The second-order valence-electron chi connectivity index (χ2n) is 4.06. The van der Waals surface area contributed by atoms with Crippen LogP contribution in [0.1, 0.15) is 24.8 Å². The SMILES string of the molecule is Clc1cccc(/C=C/C2CCCCN2)c1Cl. The minimum atomic E-state index is 0.476. The molecule has 0 saturated carbocycles. The van der Waals surface area contributed by atoms with Crippen molar-refractivity contribution in [2.75, 3.05) is 6.54 Å². The summed E-state index contributed by atoms with van der Waals surface area (Å²) in [6, 6.07) is 6.18. The smallest absolute Gasteiger partial charge is 0.0664 e. The van der Waals surface area contributed by atoms with Crippen molar-refractivity contribution in [2.24, 2.45) is 0 Å². The quantitative estimate of drug-likeness (QED) is 0.838. The highest BCUT2D eigenvalue weighted by molar-refractivity contribution is 6.42. The van der Waals surface area contributed by atoms with E-state index in [9.17, 15) is 0 Å². The molecule has 1 aliphatic heterocycles. The number of piperidine rings is 1. The van der Waals surface area contributed by atoms with Crippen molar-refractivity contribution in [1.29, 1.82) is 0 Å². The van der Waals surface area contributed by atoms with E-state index < -0.39 is 0 Å². The summed E-state index contributed by atoms with van der Waals surface area (Å²) < 4.78 is 0. The Morgan fingerprint density at radius 3 is 2.88 bits per heavy atom. The summed E-state index contributed by atoms with van der Waals surface area (Å²) in [5.74, 6) is 0. The topological polar surface area (TPSA) is 12.0 Å². The third-order valence-electron chi connectivity index (χ3n) is 2.84. The van der Waals surface area contributed by atoms with Crippen molar-refractivity contribution in [3.63, 3.8) is 0 Å². The van der Waals surface area contributed by atoms with E-state index in [4.69, 9.17) is 23.2 Å². The Balaban J connectivity index is 2.07. The molecule has 1 aliphatic rings. The van der Waals surface area contributed by atoms with Crippen molar-refractivity contribution < 1.29 is 0 Å². The van der Waals surface area contributed by atoms with E-state index in [0.29, 0.717) is 16.1 Å². The second-order valence-corrected chi connectivity index (χ2v) is 4.84. The average molecular weight is 256 g/mol. The molecular formula is C13H15Cl2N. The van der Waals surface area contributed by atoms with Crippen LogP contribution in [0.5, 0.6) is 0 Å². The lowest BCUT2D eigenvalue weighted by atomic mass is 10.0. The van der Waals surface area contributed by atoms with Crippen LogP contribution in [0.15, 0.2) is 24.3 Å². The Morgan fingerprint density at radius 2 is 2.12 bits per heavy atom. The first-order valence-corrected chi connectivity index (χ1v) is 6.38. The predicted octanol–water partition coefficient (Wildman–Crippen LogP) is 4.15. The van der Waals surface area contributed by atoms with Crippen molar-refractivity contribution in [3.05, 3.63) is 39.9 Å². The summed E-state index contributed by atoms with van der Waals surface area (Å²) in [6.45, 7) is 1.11. The lowest BCUT2D eigenvalue weighted by Gasteiger charge is -2.20. The second kappa shape index (κ2) is 5.72. The van der Waals surface area contributed by atoms with Gasteiger partial charge in [0, 0.05) is 6.04 Å². The van der Waals surface area contributed by atoms with Crippen LogP contribution in [0.25, 0.3) is 6.08 Å². The van der Waals surface area contributed by atoms with Crippen LogP contribution in [-0.4, -0.2) is 12.6 Å². The zero-order chi connectivity index (χ0) is 11.4. The van der Waals surface area contributed by atoms with E-state index in [1.54, 1.807) is 6.07 Å². The molecule has 0 amide bonds. The first-order valence-electron chi connectivity index (χ1n) is 5.63. The molecule has 1 atom stereocenters. The Bertz CT molecular complexity index is 382. The fourth-order valence-electron chi connectivity index (χ4n) is 1.91. The van der Waals surface area contributed by atoms with Crippen LogP contribution in [0.3, 0.4) is 0 Å². The third-order valence-corrected chi connectivity index (χ3v) is 3.67. The van der Waals surface area contributed by atoms with Gasteiger partial charge in [0.1, 0.15) is 0 Å². The molecule has 1 fully saturated rings. The lowest BCUT2D eigenvalue weighted by Crippen LogP contribution is -2.31. The monoisotopic (exact) mass is 255 g/mol. The van der Waals surface area contributed by atoms with Crippen LogP contribution in [0, 0.1) is 0 Å². The first-order chi connectivity index (χ1) is 7.77. The van der Waals surface area contributed by atoms with Gasteiger partial charge < -0.3 is 5.32 Å². The highest BCUT2D eigenvalue weighted by Gasteiger charge is 2.09. The largest absolute Gasteiger partial charge is 0.311 e. The number of nitrogens with one attached hydrogen (secondary N) is 1. The maximum Gasteiger partial charge on any atom is 0.0664 e. The molecule has 86 valence electrons. The lowest BCUT2D eigenvalue weighted by molar-refractivity contribution is 0.455. The number of hydrogen-bond donors (Lipinski definition) is 1. The summed E-state index contributed by atoms with van der Waals surface area (Å²) in [4.78, 5) is 0. The van der Waals surface area contributed by atoms with E-state index in [1.807, 2.05) is 12.1 Å². The average Bonchev–Trinajstić information content (AvgIpc) is 2.32. The van der Waals surface area contributed by atoms with Gasteiger partial charge in [0.05, 0.1) is 10.0 Å². The molecule has 1 N–H and O–H groups in total. The summed E-state index contributed by atoms with van der Waals surface area (Å²) >= 11 is 12.1. The van der Waals surface area contributed by atoms with Crippen LogP contribution >= 0.6 is 23.2 Å². The van der Waals surface area contributed by atoms with Crippen molar-refractivity contribution in [1.82, 2.24) is 5.32 Å². The Labute approximate surface area is 106 Å². The van der Waals surface area contributed by atoms with Gasteiger partial charge in [-0.2, -0.15) is 0 Å². The van der Waals surface area contributed by atoms with E-state index >= 15 is 0 Å². The number of benzene rings is 1. The molecule has 1 aromatic carbocycles. The minimum Gasteiger partial charge on any atom is -0.311 e. The van der Waals surface area contributed by atoms with Gasteiger partial charge in [0.2, 0.25) is 0 Å². The molecule has 2 rings (SSSR count). The molecule has 1 unspecified atom stereocenters. The predicted molar refractivity (Wildman–Crippen MR) is 71.1 cm³/mol. The molecule has 1 saturated heterocycles. The maximum atomic E-state index is 6.11. The molecule has 0 bridgehead atoms. The molecule has 0 aromatic heterocycles. The van der Waals surface area contributed by atoms with E-state index in [0.717, 1.165) is 12.1 Å². The van der Waals surface area contributed by atoms with Gasteiger partial charge in [-0.15, -0.1) is 0 Å². The van der Waals surface area contributed by atoms with Crippen LogP contribution in [0.4, 0.5) is 0 Å². The summed E-state index contributed by atoms with van der Waals surface area (Å²) in [7, 11) is 0. The third kappa shape index (κ3) is 3.00. The number of rotatable bonds is 2. The molecule has 0 radical (unpaired) electrons. The van der Waals surface area contributed by atoms with E-state index in [2.05, 4.69) is 17.5 Å². The zero-order valence-corrected chi connectivity index (χ0v) is 10.6. The number of hydrogen-bond acceptors (Lipinski definition) is 1. The van der Waals surface area contributed by atoms with Gasteiger partial charge in [0.15, 0.2) is 0 Å². The first kappa shape index (κ1) is 12.0. The van der Waals surface area contributed by atoms with Crippen molar-refractivity contribution in [2.45, 2.75) is 25.3 Å². The standard InChI is InChI=1S/C13H15Cl2N/c14-12-6-3-4-10(13(12)15)7-8-11-5-1-2-9-16-11/h3-4,6-8,11,16H,1-2,5,9H2/b8-7+. The fourth-order valence-corrected chi connectivity index (χ4v) is 2.28.